The van der Waals surface area contributed by atoms with Gasteiger partial charge in [-0.3, -0.25) is 9.89 Å². The first-order valence-corrected chi connectivity index (χ1v) is 11.4. The molecule has 6 nitrogen and oxygen atoms in total. The van der Waals surface area contributed by atoms with Gasteiger partial charge < -0.3 is 15.0 Å². The molecule has 3 aliphatic rings. The molecule has 0 radical (unpaired) electrons. The fourth-order valence-corrected chi connectivity index (χ4v) is 4.95. The zero-order valence-electron chi connectivity index (χ0n) is 17.8. The number of nitrogens with zero attached hydrogens (tertiary/aromatic N) is 2. The van der Waals surface area contributed by atoms with Crippen LogP contribution in [0.25, 0.3) is 0 Å². The largest absolute Gasteiger partial charge is 0.493 e. The smallest absolute Gasteiger partial charge is 0.250 e. The monoisotopic (exact) mass is 418 g/mol. The second-order valence-corrected chi connectivity index (χ2v) is 8.76. The van der Waals surface area contributed by atoms with E-state index in [4.69, 9.17) is 4.74 Å². The predicted octanol–water partition coefficient (Wildman–Crippen LogP) is 4.69. The summed E-state index contributed by atoms with van der Waals surface area (Å²) in [6.45, 7) is 1.17. The van der Waals surface area contributed by atoms with Gasteiger partial charge in [-0.05, 0) is 30.9 Å². The van der Waals surface area contributed by atoms with Gasteiger partial charge in [0.15, 0.2) is 0 Å². The minimum atomic E-state index is 0.158. The third kappa shape index (κ3) is 4.38. The van der Waals surface area contributed by atoms with Crippen LogP contribution < -0.4 is 5.32 Å². The van der Waals surface area contributed by atoms with Gasteiger partial charge in [-0.15, -0.1) is 0 Å². The Bertz CT molecular complexity index is 978. The first-order chi connectivity index (χ1) is 15.3. The minimum Gasteiger partial charge on any atom is -0.493 e. The lowest BCUT2D eigenvalue weighted by Crippen LogP contribution is -2.47. The second-order valence-electron chi connectivity index (χ2n) is 8.76. The molecule has 1 unspecified atom stereocenters. The van der Waals surface area contributed by atoms with Crippen LogP contribution in [-0.4, -0.2) is 33.1 Å². The number of hydrogen-bond acceptors (Lipinski definition) is 4. The molecule has 1 fully saturated rings. The third-order valence-corrected chi connectivity index (χ3v) is 6.68. The van der Waals surface area contributed by atoms with E-state index >= 15 is 0 Å². The van der Waals surface area contributed by atoms with Crippen molar-refractivity contribution in [3.63, 3.8) is 0 Å². The summed E-state index contributed by atoms with van der Waals surface area (Å²) in [6, 6.07) is 10.7. The van der Waals surface area contributed by atoms with E-state index in [-0.39, 0.29) is 18.0 Å². The number of ether oxygens (including phenoxy) is 1. The standard InChI is InChI=1S/C25H30N4O2/c30-25(19-11-13-21(14-12-19)31-17-18-7-3-1-4-8-18)29-16-20-15-26-28-24(20)27-22-9-5-2-6-10-23(22)29/h1,3-4,7-8,11,13,15,22-23H,2,5-6,9-10,12,14,16-17H2,(H2,26,27,28)/t22?,23-/m0/s1. The van der Waals surface area contributed by atoms with E-state index in [0.717, 1.165) is 54.0 Å². The van der Waals surface area contributed by atoms with Crippen molar-refractivity contribution in [2.24, 2.45) is 0 Å². The molecule has 31 heavy (non-hydrogen) atoms. The molecule has 2 aromatic rings. The number of benzene rings is 1. The number of hydrogen-bond donors (Lipinski definition) is 2. The van der Waals surface area contributed by atoms with Crippen molar-refractivity contribution in [3.05, 3.63) is 71.1 Å². The van der Waals surface area contributed by atoms with E-state index in [2.05, 4.69) is 32.5 Å². The van der Waals surface area contributed by atoms with Crippen molar-refractivity contribution in [2.45, 2.75) is 70.2 Å². The zero-order chi connectivity index (χ0) is 21.0. The SMILES string of the molecule is O=C(C1=CC=C(OCc2ccccc2)CC1)N1Cc2cn[nH]c2NC2CCCCC[C@@H]21. The van der Waals surface area contributed by atoms with Crippen LogP contribution in [0.2, 0.25) is 0 Å². The van der Waals surface area contributed by atoms with Gasteiger partial charge in [0.1, 0.15) is 12.4 Å². The highest BCUT2D eigenvalue weighted by atomic mass is 16.5. The number of rotatable bonds is 4. The van der Waals surface area contributed by atoms with Crippen molar-refractivity contribution < 1.29 is 9.53 Å². The Balaban J connectivity index is 1.32. The molecule has 0 spiro atoms. The van der Waals surface area contributed by atoms with E-state index in [1.54, 1.807) is 0 Å². The maximum Gasteiger partial charge on any atom is 0.250 e. The second kappa shape index (κ2) is 9.00. The van der Waals surface area contributed by atoms with E-state index in [1.165, 1.54) is 19.3 Å². The molecule has 1 aromatic carbocycles. The lowest BCUT2D eigenvalue weighted by atomic mass is 9.97. The molecular formula is C25H30N4O2. The van der Waals surface area contributed by atoms with Gasteiger partial charge in [0.05, 0.1) is 24.5 Å². The number of fused-ring (bicyclic) bond motifs is 2. The quantitative estimate of drug-likeness (QED) is 0.756. The maximum atomic E-state index is 13.6. The number of allylic oxidation sites excluding steroid dienone is 3. The summed E-state index contributed by atoms with van der Waals surface area (Å²) >= 11 is 0. The topological polar surface area (TPSA) is 70.2 Å². The summed E-state index contributed by atoms with van der Waals surface area (Å²) in [5, 5.41) is 10.9. The Morgan fingerprint density at radius 3 is 2.81 bits per heavy atom. The van der Waals surface area contributed by atoms with Gasteiger partial charge in [-0.1, -0.05) is 55.7 Å². The van der Waals surface area contributed by atoms with Crippen LogP contribution in [0.15, 0.2) is 60.0 Å². The molecule has 5 rings (SSSR count). The molecule has 1 aromatic heterocycles. The van der Waals surface area contributed by atoms with Gasteiger partial charge in [0, 0.05) is 23.6 Å². The molecule has 1 amide bonds. The molecular weight excluding hydrogens is 388 g/mol. The predicted molar refractivity (Wildman–Crippen MR) is 120 cm³/mol. The molecule has 2 aliphatic carbocycles. The highest BCUT2D eigenvalue weighted by molar-refractivity contribution is 5.94. The summed E-state index contributed by atoms with van der Waals surface area (Å²) in [5.74, 6) is 2.08. The van der Waals surface area contributed by atoms with E-state index in [9.17, 15) is 4.79 Å². The molecule has 1 aliphatic heterocycles. The van der Waals surface area contributed by atoms with Gasteiger partial charge in [0.25, 0.3) is 0 Å². The molecule has 2 N–H and O–H groups in total. The van der Waals surface area contributed by atoms with Gasteiger partial charge >= 0.3 is 0 Å². The average molecular weight is 419 g/mol. The number of nitrogens with one attached hydrogen (secondary N) is 2. The highest BCUT2D eigenvalue weighted by Gasteiger charge is 2.36. The van der Waals surface area contributed by atoms with Crippen LogP contribution in [0.1, 0.15) is 56.1 Å². The fourth-order valence-electron chi connectivity index (χ4n) is 4.95. The Morgan fingerprint density at radius 2 is 1.97 bits per heavy atom. The number of carbonyl (C=O) groups excluding carboxylic acids is 1. The lowest BCUT2D eigenvalue weighted by Gasteiger charge is -2.35. The Hall–Kier alpha value is -3.02. The number of amides is 1. The molecule has 0 bridgehead atoms. The van der Waals surface area contributed by atoms with Crippen LogP contribution in [0.4, 0.5) is 5.82 Å². The Morgan fingerprint density at radius 1 is 1.10 bits per heavy atom. The van der Waals surface area contributed by atoms with Crippen molar-refractivity contribution in [3.8, 4) is 0 Å². The van der Waals surface area contributed by atoms with Crippen molar-refractivity contribution in [1.29, 1.82) is 0 Å². The first-order valence-electron chi connectivity index (χ1n) is 11.4. The Labute approximate surface area is 183 Å². The number of H-pyrrole nitrogens is 1. The average Bonchev–Trinajstić information content (AvgIpc) is 3.03. The summed E-state index contributed by atoms with van der Waals surface area (Å²) in [7, 11) is 0. The molecule has 162 valence electrons. The molecule has 2 heterocycles. The van der Waals surface area contributed by atoms with E-state index in [1.807, 2.05) is 36.5 Å². The van der Waals surface area contributed by atoms with Crippen molar-refractivity contribution in [2.75, 3.05) is 5.32 Å². The summed E-state index contributed by atoms with van der Waals surface area (Å²) in [6.07, 6.45) is 13.0. The zero-order valence-corrected chi connectivity index (χ0v) is 17.8. The summed E-state index contributed by atoms with van der Waals surface area (Å²) in [4.78, 5) is 15.7. The van der Waals surface area contributed by atoms with E-state index in [0.29, 0.717) is 13.2 Å². The normalized spacial score (nSPS) is 23.3. The van der Waals surface area contributed by atoms with Gasteiger partial charge in [-0.2, -0.15) is 5.10 Å². The molecule has 1 saturated carbocycles. The van der Waals surface area contributed by atoms with Crippen LogP contribution >= 0.6 is 0 Å². The minimum absolute atomic E-state index is 0.158. The summed E-state index contributed by atoms with van der Waals surface area (Å²) in [5.41, 5.74) is 3.10. The lowest BCUT2D eigenvalue weighted by molar-refractivity contribution is -0.130. The van der Waals surface area contributed by atoms with Crippen molar-refractivity contribution >= 4 is 11.7 Å². The number of aromatic nitrogens is 2. The fraction of sp³-hybridized carbons (Fsp3) is 0.440. The highest BCUT2D eigenvalue weighted by Crippen LogP contribution is 2.33. The molecule has 2 atom stereocenters. The summed E-state index contributed by atoms with van der Waals surface area (Å²) < 4.78 is 5.97. The van der Waals surface area contributed by atoms with Crippen molar-refractivity contribution in [1.82, 2.24) is 15.1 Å². The van der Waals surface area contributed by atoms with Crippen LogP contribution in [0.3, 0.4) is 0 Å². The van der Waals surface area contributed by atoms with E-state index < -0.39 is 0 Å². The van der Waals surface area contributed by atoms with Crippen LogP contribution in [-0.2, 0) is 22.7 Å². The number of aromatic amines is 1. The number of carbonyl (C=O) groups is 1. The Kier molecular flexibility index (Phi) is 5.78. The van der Waals surface area contributed by atoms with Crippen LogP contribution in [0, 0.1) is 0 Å². The molecule has 0 saturated heterocycles. The van der Waals surface area contributed by atoms with Crippen LogP contribution in [0.5, 0.6) is 0 Å². The van der Waals surface area contributed by atoms with Gasteiger partial charge in [-0.25, -0.2) is 0 Å². The number of anilines is 1. The maximum absolute atomic E-state index is 13.6. The molecule has 6 heteroatoms. The first kappa shape index (κ1) is 19.9. The third-order valence-electron chi connectivity index (χ3n) is 6.68. The van der Waals surface area contributed by atoms with Gasteiger partial charge in [0.2, 0.25) is 5.91 Å².